The maximum absolute atomic E-state index is 11.6. The van der Waals surface area contributed by atoms with Crippen molar-refractivity contribution in [2.45, 2.75) is 25.4 Å². The van der Waals surface area contributed by atoms with E-state index in [-0.39, 0.29) is 23.5 Å². The van der Waals surface area contributed by atoms with Crippen LogP contribution in [0.25, 0.3) is 0 Å². The highest BCUT2D eigenvalue weighted by atomic mass is 16.3. The first kappa shape index (κ1) is 12.7. The summed E-state index contributed by atoms with van der Waals surface area (Å²) in [7, 11) is 1.49. The van der Waals surface area contributed by atoms with Crippen LogP contribution in [0.15, 0.2) is 9.59 Å². The van der Waals surface area contributed by atoms with Crippen LogP contribution in [0.5, 0.6) is 0 Å². The topological polar surface area (TPSA) is 113 Å². The second-order valence-corrected chi connectivity index (χ2v) is 4.72. The Morgan fingerprint density at radius 1 is 1.50 bits per heavy atom. The van der Waals surface area contributed by atoms with E-state index in [9.17, 15) is 14.7 Å². The van der Waals surface area contributed by atoms with Crippen LogP contribution < -0.4 is 22.3 Å². The Balaban J connectivity index is 2.17. The molecule has 100 valence electrons. The zero-order chi connectivity index (χ0) is 13.3. The number of hydrogen-bond donors (Lipinski definition) is 4. The lowest BCUT2D eigenvalue weighted by molar-refractivity contribution is 0.138. The molecule has 0 radical (unpaired) electrons. The molecule has 0 saturated heterocycles. The summed E-state index contributed by atoms with van der Waals surface area (Å²) < 4.78 is 1.18. The number of nitrogen functional groups attached to an aromatic ring is 1. The standard InChI is InChI=1S/C11H18N4O3/c1-15-9(12)8(10(17)14-11(15)18)13-5-6-3-2-4-7(6)16/h6-7,13,16H,2-5,12H2,1H3,(H,14,17,18). The van der Waals surface area contributed by atoms with Crippen LogP contribution in [0.1, 0.15) is 19.3 Å². The number of nitrogens with zero attached hydrogens (tertiary/aromatic N) is 1. The van der Waals surface area contributed by atoms with Gasteiger partial charge in [0.1, 0.15) is 11.5 Å². The number of H-pyrrole nitrogens is 1. The molecule has 1 heterocycles. The Hall–Kier alpha value is -1.76. The summed E-state index contributed by atoms with van der Waals surface area (Å²) in [6.07, 6.45) is 2.39. The number of aromatic amines is 1. The number of hydrogen-bond acceptors (Lipinski definition) is 5. The van der Waals surface area contributed by atoms with Gasteiger partial charge in [-0.15, -0.1) is 0 Å². The first-order valence-corrected chi connectivity index (χ1v) is 6.01. The summed E-state index contributed by atoms with van der Waals surface area (Å²) in [5.74, 6) is 0.234. The maximum Gasteiger partial charge on any atom is 0.329 e. The van der Waals surface area contributed by atoms with Gasteiger partial charge in [0, 0.05) is 19.5 Å². The molecule has 7 heteroatoms. The zero-order valence-corrected chi connectivity index (χ0v) is 10.3. The Bertz CT molecular complexity index is 548. The van der Waals surface area contributed by atoms with Crippen LogP contribution in [-0.4, -0.2) is 27.3 Å². The molecule has 0 aromatic carbocycles. The summed E-state index contributed by atoms with van der Waals surface area (Å²) in [5.41, 5.74) is 4.85. The smallest absolute Gasteiger partial charge is 0.329 e. The molecule has 5 N–H and O–H groups in total. The lowest BCUT2D eigenvalue weighted by Crippen LogP contribution is -2.34. The summed E-state index contributed by atoms with van der Waals surface area (Å²) in [4.78, 5) is 25.1. The van der Waals surface area contributed by atoms with Gasteiger partial charge in [0.05, 0.1) is 6.10 Å². The first-order chi connectivity index (χ1) is 8.50. The third-order valence-electron chi connectivity index (χ3n) is 3.53. The number of anilines is 2. The minimum Gasteiger partial charge on any atom is -0.393 e. The van der Waals surface area contributed by atoms with Crippen LogP contribution in [0.4, 0.5) is 11.5 Å². The monoisotopic (exact) mass is 254 g/mol. The third-order valence-corrected chi connectivity index (χ3v) is 3.53. The summed E-state index contributed by atoms with van der Waals surface area (Å²) in [6, 6.07) is 0. The van der Waals surface area contributed by atoms with E-state index in [1.807, 2.05) is 0 Å². The number of aliphatic hydroxyl groups is 1. The highest BCUT2D eigenvalue weighted by Gasteiger charge is 2.25. The van der Waals surface area contributed by atoms with Crippen molar-refractivity contribution in [1.29, 1.82) is 0 Å². The zero-order valence-electron chi connectivity index (χ0n) is 10.3. The van der Waals surface area contributed by atoms with Gasteiger partial charge in [-0.2, -0.15) is 0 Å². The Labute approximate surface area is 104 Å². The molecule has 7 nitrogen and oxygen atoms in total. The SMILES string of the molecule is Cn1c(N)c(NCC2CCCC2O)c(=O)[nH]c1=O. The highest BCUT2D eigenvalue weighted by molar-refractivity contribution is 5.60. The summed E-state index contributed by atoms with van der Waals surface area (Å²) >= 11 is 0. The van der Waals surface area contributed by atoms with E-state index in [4.69, 9.17) is 5.73 Å². The number of rotatable bonds is 3. The van der Waals surface area contributed by atoms with Crippen LogP contribution in [0.3, 0.4) is 0 Å². The molecule has 0 spiro atoms. The van der Waals surface area contributed by atoms with Gasteiger partial charge in [-0.05, 0) is 12.8 Å². The number of nitrogens with one attached hydrogen (secondary N) is 2. The largest absolute Gasteiger partial charge is 0.393 e. The van der Waals surface area contributed by atoms with Gasteiger partial charge in [0.2, 0.25) is 0 Å². The lowest BCUT2D eigenvalue weighted by Gasteiger charge is -2.17. The maximum atomic E-state index is 11.6. The van der Waals surface area contributed by atoms with E-state index in [1.54, 1.807) is 0 Å². The van der Waals surface area contributed by atoms with Crippen molar-refractivity contribution in [3.63, 3.8) is 0 Å². The molecule has 0 bridgehead atoms. The Morgan fingerprint density at radius 3 is 2.83 bits per heavy atom. The second kappa shape index (κ2) is 4.85. The van der Waals surface area contributed by atoms with Crippen LogP contribution >= 0.6 is 0 Å². The highest BCUT2D eigenvalue weighted by Crippen LogP contribution is 2.25. The molecule has 1 aliphatic carbocycles. The second-order valence-electron chi connectivity index (χ2n) is 4.72. The molecule has 1 fully saturated rings. The molecular weight excluding hydrogens is 236 g/mol. The molecule has 1 aromatic heterocycles. The fraction of sp³-hybridized carbons (Fsp3) is 0.636. The van der Waals surface area contributed by atoms with Crippen molar-refractivity contribution in [1.82, 2.24) is 9.55 Å². The molecule has 1 aliphatic rings. The van der Waals surface area contributed by atoms with Crippen LogP contribution in [-0.2, 0) is 7.05 Å². The predicted octanol–water partition coefficient (Wildman–Crippen LogP) is -0.771. The number of aliphatic hydroxyl groups excluding tert-OH is 1. The van der Waals surface area contributed by atoms with Crippen molar-refractivity contribution in [3.05, 3.63) is 20.8 Å². The summed E-state index contributed by atoms with van der Waals surface area (Å²) in [5, 5.41) is 12.6. The first-order valence-electron chi connectivity index (χ1n) is 6.01. The number of nitrogens with two attached hydrogens (primary N) is 1. The van der Waals surface area contributed by atoms with Gasteiger partial charge in [-0.25, -0.2) is 4.79 Å². The van der Waals surface area contributed by atoms with Gasteiger partial charge in [-0.1, -0.05) is 6.42 Å². The van der Waals surface area contributed by atoms with E-state index in [1.165, 1.54) is 11.6 Å². The van der Waals surface area contributed by atoms with E-state index in [0.29, 0.717) is 6.54 Å². The van der Waals surface area contributed by atoms with Crippen molar-refractivity contribution in [2.24, 2.45) is 13.0 Å². The quantitative estimate of drug-likeness (QED) is 0.565. The molecule has 1 aromatic rings. The summed E-state index contributed by atoms with van der Waals surface area (Å²) in [6.45, 7) is 0.479. The minimum absolute atomic E-state index is 0.108. The fourth-order valence-electron chi connectivity index (χ4n) is 2.30. The van der Waals surface area contributed by atoms with Gasteiger partial charge in [0.15, 0.2) is 0 Å². The van der Waals surface area contributed by atoms with Crippen molar-refractivity contribution >= 4 is 11.5 Å². The van der Waals surface area contributed by atoms with Crippen LogP contribution in [0, 0.1) is 5.92 Å². The Kier molecular flexibility index (Phi) is 3.42. The molecule has 1 saturated carbocycles. The van der Waals surface area contributed by atoms with Gasteiger partial charge >= 0.3 is 5.69 Å². The van der Waals surface area contributed by atoms with E-state index < -0.39 is 11.2 Å². The fourth-order valence-corrected chi connectivity index (χ4v) is 2.30. The lowest BCUT2D eigenvalue weighted by atomic mass is 10.1. The van der Waals surface area contributed by atoms with Crippen molar-refractivity contribution < 1.29 is 5.11 Å². The van der Waals surface area contributed by atoms with Gasteiger partial charge < -0.3 is 16.2 Å². The average Bonchev–Trinajstić information content (AvgIpc) is 2.72. The van der Waals surface area contributed by atoms with E-state index >= 15 is 0 Å². The van der Waals surface area contributed by atoms with Crippen LogP contribution in [0.2, 0.25) is 0 Å². The average molecular weight is 254 g/mol. The third kappa shape index (κ3) is 2.26. The van der Waals surface area contributed by atoms with Crippen molar-refractivity contribution in [2.75, 3.05) is 17.6 Å². The molecule has 0 aliphatic heterocycles. The molecule has 0 amide bonds. The Morgan fingerprint density at radius 2 is 2.22 bits per heavy atom. The van der Waals surface area contributed by atoms with E-state index in [0.717, 1.165) is 19.3 Å². The number of aromatic nitrogens is 2. The molecular formula is C11H18N4O3. The molecule has 2 unspecified atom stereocenters. The van der Waals surface area contributed by atoms with Gasteiger partial charge in [-0.3, -0.25) is 14.3 Å². The predicted molar refractivity (Wildman–Crippen MR) is 68.6 cm³/mol. The molecule has 2 atom stereocenters. The normalized spacial score (nSPS) is 23.2. The molecule has 18 heavy (non-hydrogen) atoms. The minimum atomic E-state index is -0.538. The van der Waals surface area contributed by atoms with Crippen molar-refractivity contribution in [3.8, 4) is 0 Å². The van der Waals surface area contributed by atoms with Gasteiger partial charge in [0.25, 0.3) is 5.56 Å². The van der Waals surface area contributed by atoms with E-state index in [2.05, 4.69) is 10.3 Å². The molecule has 2 rings (SSSR count).